The van der Waals surface area contributed by atoms with Crippen LogP contribution in [-0.2, 0) is 19.3 Å². The molecule has 0 saturated carbocycles. The zero-order valence-corrected chi connectivity index (χ0v) is 30.9. The first-order valence-corrected chi connectivity index (χ1v) is 17.8. The Balaban J connectivity index is 1.49. The van der Waals surface area contributed by atoms with Gasteiger partial charge in [-0.15, -0.1) is 11.3 Å². The van der Waals surface area contributed by atoms with Crippen molar-refractivity contribution in [3.05, 3.63) is 135 Å². The molecule has 5 aromatic rings. The number of halogens is 3. The molecule has 0 spiro atoms. The molecule has 0 aliphatic rings. The van der Waals surface area contributed by atoms with Crippen LogP contribution in [0.15, 0.2) is 102 Å². The molecular formula is C40H40F3N5O5S. The van der Waals surface area contributed by atoms with Crippen LogP contribution in [0, 0.1) is 6.92 Å². The zero-order chi connectivity index (χ0) is 39.2. The van der Waals surface area contributed by atoms with E-state index in [0.717, 1.165) is 27.7 Å². The van der Waals surface area contributed by atoms with Crippen molar-refractivity contribution in [1.29, 1.82) is 0 Å². The quantitative estimate of drug-likeness (QED) is 0.112. The maximum atomic E-state index is 14.7. The Labute approximate surface area is 315 Å². The van der Waals surface area contributed by atoms with Crippen LogP contribution in [0.25, 0.3) is 11.1 Å². The van der Waals surface area contributed by atoms with Crippen LogP contribution in [-0.4, -0.2) is 70.8 Å². The average Bonchev–Trinajstić information content (AvgIpc) is 3.57. The second kappa shape index (κ2) is 17.1. The first kappa shape index (κ1) is 39.6. The number of nitrogens with one attached hydrogen (secondary N) is 1. The summed E-state index contributed by atoms with van der Waals surface area (Å²) in [7, 11) is 3.04. The van der Waals surface area contributed by atoms with Gasteiger partial charge < -0.3 is 25.3 Å². The highest BCUT2D eigenvalue weighted by atomic mass is 32.1. The van der Waals surface area contributed by atoms with Gasteiger partial charge in [0, 0.05) is 60.8 Å². The van der Waals surface area contributed by atoms with E-state index in [1.54, 1.807) is 86.8 Å². The molecule has 3 N–H and O–H groups in total. The Morgan fingerprint density at radius 3 is 2.17 bits per heavy atom. The predicted molar refractivity (Wildman–Crippen MR) is 203 cm³/mol. The molecule has 54 heavy (non-hydrogen) atoms. The standard InChI is InChI=1S/C40H40F3N5O5S/c1-25-24-54-36(45-25)23-46(3)37(50)30-17-29(28-11-9-15-34(20-28)47(4)39(52)53)18-31(19-30)38(51)48(33-13-6-5-7-14-33)26(2)35(49)22-44-21-27-10-8-12-32(16-27)40(41,42)43/h5-20,24,26,35,44,49H,21-23H2,1-4H3,(H,52,53)/t26-,35+/m0/s1. The van der Waals surface area contributed by atoms with Crippen molar-refractivity contribution in [1.82, 2.24) is 15.2 Å². The number of anilines is 2. The summed E-state index contributed by atoms with van der Waals surface area (Å²) in [5.74, 6) is -0.908. The van der Waals surface area contributed by atoms with Gasteiger partial charge in [-0.25, -0.2) is 9.78 Å². The Morgan fingerprint density at radius 1 is 0.852 bits per heavy atom. The minimum atomic E-state index is -4.49. The second-order valence-corrected chi connectivity index (χ2v) is 13.8. The van der Waals surface area contributed by atoms with Gasteiger partial charge in [0.05, 0.1) is 24.3 Å². The number of hydrogen-bond donors (Lipinski definition) is 3. The number of rotatable bonds is 13. The van der Waals surface area contributed by atoms with Crippen LogP contribution < -0.4 is 15.1 Å². The van der Waals surface area contributed by atoms with E-state index in [9.17, 15) is 37.8 Å². The molecule has 0 aliphatic carbocycles. The molecule has 4 aromatic carbocycles. The second-order valence-electron chi connectivity index (χ2n) is 12.9. The number of amides is 3. The minimum Gasteiger partial charge on any atom is -0.465 e. The number of para-hydroxylation sites is 1. The molecule has 282 valence electrons. The number of nitrogens with zero attached hydrogens (tertiary/aromatic N) is 4. The number of aliphatic hydroxyl groups is 1. The Hall–Kier alpha value is -5.57. The summed E-state index contributed by atoms with van der Waals surface area (Å²) < 4.78 is 39.7. The number of carbonyl (C=O) groups is 3. The van der Waals surface area contributed by atoms with E-state index >= 15 is 0 Å². The fourth-order valence-electron chi connectivity index (χ4n) is 5.85. The van der Waals surface area contributed by atoms with E-state index in [0.29, 0.717) is 28.1 Å². The molecule has 2 atom stereocenters. The van der Waals surface area contributed by atoms with Gasteiger partial charge >= 0.3 is 12.3 Å². The molecule has 1 aromatic heterocycles. The van der Waals surface area contributed by atoms with E-state index < -0.39 is 35.9 Å². The van der Waals surface area contributed by atoms with Crippen molar-refractivity contribution in [2.45, 2.75) is 45.3 Å². The van der Waals surface area contributed by atoms with E-state index in [1.807, 2.05) is 12.3 Å². The molecule has 0 fully saturated rings. The van der Waals surface area contributed by atoms with Gasteiger partial charge in [0.15, 0.2) is 0 Å². The van der Waals surface area contributed by atoms with Gasteiger partial charge in [0.25, 0.3) is 11.8 Å². The van der Waals surface area contributed by atoms with Crippen molar-refractivity contribution in [3.8, 4) is 11.1 Å². The SMILES string of the molecule is Cc1csc(CN(C)C(=O)c2cc(C(=O)N(c3ccccc3)[C@@H](C)[C@H](O)CNCc3cccc(C(F)(F)F)c3)cc(-c3cccc(N(C)C(=O)O)c3)c2)n1. The highest BCUT2D eigenvalue weighted by Crippen LogP contribution is 2.31. The number of aromatic nitrogens is 1. The van der Waals surface area contributed by atoms with Crippen molar-refractivity contribution < 1.29 is 37.8 Å². The van der Waals surface area contributed by atoms with Gasteiger partial charge in [-0.1, -0.05) is 48.5 Å². The van der Waals surface area contributed by atoms with Crippen LogP contribution in [0.5, 0.6) is 0 Å². The maximum absolute atomic E-state index is 14.7. The summed E-state index contributed by atoms with van der Waals surface area (Å²) in [6.45, 7) is 3.75. The van der Waals surface area contributed by atoms with E-state index in [4.69, 9.17) is 0 Å². The van der Waals surface area contributed by atoms with E-state index in [2.05, 4.69) is 10.3 Å². The molecule has 0 saturated heterocycles. The molecule has 5 rings (SSSR count). The average molecular weight is 760 g/mol. The third-order valence-corrected chi connectivity index (χ3v) is 9.77. The summed E-state index contributed by atoms with van der Waals surface area (Å²) in [4.78, 5) is 48.8. The molecule has 0 unspecified atom stereocenters. The number of aliphatic hydroxyl groups excluding tert-OH is 1. The molecule has 10 nitrogen and oxygen atoms in total. The van der Waals surface area contributed by atoms with Crippen LogP contribution in [0.2, 0.25) is 0 Å². The Kier molecular flexibility index (Phi) is 12.5. The van der Waals surface area contributed by atoms with Gasteiger partial charge in [0.2, 0.25) is 0 Å². The number of carboxylic acid groups (broad SMARTS) is 1. The topological polar surface area (TPSA) is 126 Å². The van der Waals surface area contributed by atoms with Crippen LogP contribution in [0.4, 0.5) is 29.3 Å². The maximum Gasteiger partial charge on any atom is 0.416 e. The molecular weight excluding hydrogens is 720 g/mol. The zero-order valence-electron chi connectivity index (χ0n) is 30.0. The highest BCUT2D eigenvalue weighted by molar-refractivity contribution is 7.09. The van der Waals surface area contributed by atoms with Crippen molar-refractivity contribution >= 4 is 40.6 Å². The number of alkyl halides is 3. The van der Waals surface area contributed by atoms with Crippen LogP contribution in [0.3, 0.4) is 0 Å². The van der Waals surface area contributed by atoms with Crippen LogP contribution in [0.1, 0.15) is 49.5 Å². The third-order valence-electron chi connectivity index (χ3n) is 8.82. The molecule has 14 heteroatoms. The lowest BCUT2D eigenvalue weighted by Crippen LogP contribution is -2.49. The Bertz CT molecular complexity index is 2110. The number of hydrogen-bond acceptors (Lipinski definition) is 7. The van der Waals surface area contributed by atoms with Gasteiger partial charge in [-0.2, -0.15) is 13.2 Å². The van der Waals surface area contributed by atoms with E-state index in [-0.39, 0.29) is 36.7 Å². The first-order valence-electron chi connectivity index (χ1n) is 16.9. The molecule has 0 aliphatic heterocycles. The van der Waals surface area contributed by atoms with Crippen molar-refractivity contribution in [2.75, 3.05) is 30.4 Å². The summed E-state index contributed by atoms with van der Waals surface area (Å²) in [5.41, 5.74) is 2.64. The number of benzene rings is 4. The molecule has 0 radical (unpaired) electrons. The lowest BCUT2D eigenvalue weighted by molar-refractivity contribution is -0.137. The summed E-state index contributed by atoms with van der Waals surface area (Å²) in [5, 5.41) is 26.6. The number of aryl methyl sites for hydroxylation is 1. The monoisotopic (exact) mass is 759 g/mol. The number of carbonyl (C=O) groups excluding carboxylic acids is 2. The summed E-state index contributed by atoms with van der Waals surface area (Å²) >= 11 is 1.43. The predicted octanol–water partition coefficient (Wildman–Crippen LogP) is 7.71. The van der Waals surface area contributed by atoms with Crippen molar-refractivity contribution in [2.24, 2.45) is 0 Å². The van der Waals surface area contributed by atoms with Crippen LogP contribution >= 0.6 is 11.3 Å². The lowest BCUT2D eigenvalue weighted by Gasteiger charge is -2.33. The fraction of sp³-hybridized carbons (Fsp3) is 0.250. The third kappa shape index (κ3) is 9.69. The highest BCUT2D eigenvalue weighted by Gasteiger charge is 2.31. The van der Waals surface area contributed by atoms with Crippen molar-refractivity contribution in [3.63, 3.8) is 0 Å². The first-order chi connectivity index (χ1) is 25.6. The molecule has 3 amide bonds. The largest absolute Gasteiger partial charge is 0.465 e. The normalized spacial score (nSPS) is 12.5. The van der Waals surface area contributed by atoms with E-state index in [1.165, 1.54) is 40.3 Å². The van der Waals surface area contributed by atoms with Gasteiger partial charge in [-0.05, 0) is 79.1 Å². The lowest BCUT2D eigenvalue weighted by atomic mass is 9.97. The molecule has 1 heterocycles. The van der Waals surface area contributed by atoms with Gasteiger partial charge in [-0.3, -0.25) is 14.5 Å². The van der Waals surface area contributed by atoms with Gasteiger partial charge in [0.1, 0.15) is 5.01 Å². The summed E-state index contributed by atoms with van der Waals surface area (Å²) in [6.07, 6.45) is -6.82. The smallest absolute Gasteiger partial charge is 0.416 e. The number of thiazole rings is 1. The molecule has 0 bridgehead atoms. The minimum absolute atomic E-state index is 0.0463. The summed E-state index contributed by atoms with van der Waals surface area (Å²) in [6, 6.07) is 24.2. The Morgan fingerprint density at radius 2 is 1.52 bits per heavy atom. The fourth-order valence-corrected chi connectivity index (χ4v) is 6.67.